The van der Waals surface area contributed by atoms with Crippen LogP contribution in [-0.2, 0) is 5.41 Å². The molecule has 1 fully saturated rings. The molecule has 2 nitrogen and oxygen atoms in total. The number of hydrogen-bond donors (Lipinski definition) is 1. The Morgan fingerprint density at radius 1 is 1.35 bits per heavy atom. The Balaban J connectivity index is 0.00000144. The summed E-state index contributed by atoms with van der Waals surface area (Å²) >= 11 is 9.61. The van der Waals surface area contributed by atoms with E-state index < -0.39 is 5.41 Å². The molecule has 0 amide bonds. The predicted molar refractivity (Wildman–Crippen MR) is 75.8 cm³/mol. The number of hydrogen-bond acceptors (Lipinski definition) is 2. The molecule has 0 atom stereocenters. The third-order valence-corrected chi connectivity index (χ3v) is 3.92. The molecule has 1 aromatic rings. The van der Waals surface area contributed by atoms with Gasteiger partial charge in [-0.2, -0.15) is 5.26 Å². The molecule has 0 aliphatic carbocycles. The predicted octanol–water partition coefficient (Wildman–Crippen LogP) is 3.67. The fourth-order valence-electron chi connectivity index (χ4n) is 2.17. The van der Waals surface area contributed by atoms with Gasteiger partial charge in [0.15, 0.2) is 0 Å². The van der Waals surface area contributed by atoms with Gasteiger partial charge in [-0.1, -0.05) is 33.6 Å². The standard InChI is InChI=1S/C12H12BrClN2.ClH/c13-9-1-2-10(11(14)7-9)12(8-15)3-5-16-6-4-12;/h1-2,7,16H,3-6H2;1H. The molecule has 1 saturated heterocycles. The summed E-state index contributed by atoms with van der Waals surface area (Å²) in [6, 6.07) is 8.22. The maximum atomic E-state index is 9.44. The molecule has 0 saturated carbocycles. The highest BCUT2D eigenvalue weighted by Gasteiger charge is 2.35. The van der Waals surface area contributed by atoms with Gasteiger partial charge in [-0.25, -0.2) is 0 Å². The van der Waals surface area contributed by atoms with Gasteiger partial charge in [-0.05, 0) is 43.6 Å². The van der Waals surface area contributed by atoms with Gasteiger partial charge in [0.1, 0.15) is 0 Å². The van der Waals surface area contributed by atoms with Crippen LogP contribution in [0.1, 0.15) is 18.4 Å². The molecule has 17 heavy (non-hydrogen) atoms. The number of rotatable bonds is 1. The SMILES string of the molecule is Cl.N#CC1(c2ccc(Br)cc2Cl)CCNCC1. The van der Waals surface area contributed by atoms with Gasteiger partial charge < -0.3 is 5.32 Å². The van der Waals surface area contributed by atoms with Gasteiger partial charge in [0.05, 0.1) is 11.5 Å². The van der Waals surface area contributed by atoms with E-state index in [4.69, 9.17) is 11.6 Å². The van der Waals surface area contributed by atoms with Crippen LogP contribution in [0, 0.1) is 11.3 Å². The van der Waals surface area contributed by atoms with E-state index in [1.165, 1.54) is 0 Å². The minimum Gasteiger partial charge on any atom is -0.317 e. The summed E-state index contributed by atoms with van der Waals surface area (Å²) in [7, 11) is 0. The van der Waals surface area contributed by atoms with Crippen molar-refractivity contribution in [3.63, 3.8) is 0 Å². The molecule has 0 bridgehead atoms. The lowest BCUT2D eigenvalue weighted by Crippen LogP contribution is -2.39. The summed E-state index contributed by atoms with van der Waals surface area (Å²) in [5.74, 6) is 0. The third kappa shape index (κ3) is 2.95. The van der Waals surface area contributed by atoms with Crippen molar-refractivity contribution < 1.29 is 0 Å². The number of halogens is 3. The van der Waals surface area contributed by atoms with E-state index in [-0.39, 0.29) is 12.4 Å². The van der Waals surface area contributed by atoms with Crippen LogP contribution < -0.4 is 5.32 Å². The Kier molecular flexibility index (Phi) is 5.27. The fraction of sp³-hybridized carbons (Fsp3) is 0.417. The minimum absolute atomic E-state index is 0. The number of benzene rings is 1. The molecule has 1 N–H and O–H groups in total. The first-order valence-corrected chi connectivity index (χ1v) is 6.42. The topological polar surface area (TPSA) is 35.8 Å². The van der Waals surface area contributed by atoms with Crippen LogP contribution in [0.25, 0.3) is 0 Å². The highest BCUT2D eigenvalue weighted by Crippen LogP contribution is 2.38. The molecular formula is C12H13BrCl2N2. The van der Waals surface area contributed by atoms with Crippen LogP contribution in [-0.4, -0.2) is 13.1 Å². The Morgan fingerprint density at radius 3 is 2.53 bits per heavy atom. The summed E-state index contributed by atoms with van der Waals surface area (Å²) < 4.78 is 0.947. The van der Waals surface area contributed by atoms with Crippen LogP contribution in [0.4, 0.5) is 0 Å². The number of nitriles is 1. The Morgan fingerprint density at radius 2 is 2.00 bits per heavy atom. The molecule has 5 heteroatoms. The molecule has 92 valence electrons. The second kappa shape index (κ2) is 6.06. The number of piperidine rings is 1. The van der Waals surface area contributed by atoms with Gasteiger partial charge in [0.2, 0.25) is 0 Å². The molecule has 0 aromatic heterocycles. The third-order valence-electron chi connectivity index (χ3n) is 3.12. The molecule has 0 unspecified atom stereocenters. The van der Waals surface area contributed by atoms with Crippen LogP contribution in [0.5, 0.6) is 0 Å². The molecule has 0 spiro atoms. The lowest BCUT2D eigenvalue weighted by atomic mass is 9.74. The van der Waals surface area contributed by atoms with Gasteiger partial charge in [-0.3, -0.25) is 0 Å². The van der Waals surface area contributed by atoms with Crippen molar-refractivity contribution >= 4 is 39.9 Å². The lowest BCUT2D eigenvalue weighted by Gasteiger charge is -2.32. The van der Waals surface area contributed by atoms with Crippen LogP contribution in [0.3, 0.4) is 0 Å². The molecule has 1 aliphatic heterocycles. The summed E-state index contributed by atoms with van der Waals surface area (Å²) in [4.78, 5) is 0. The van der Waals surface area contributed by atoms with Gasteiger partial charge in [0, 0.05) is 9.50 Å². The highest BCUT2D eigenvalue weighted by molar-refractivity contribution is 9.10. The smallest absolute Gasteiger partial charge is 0.0860 e. The second-order valence-electron chi connectivity index (χ2n) is 4.07. The van der Waals surface area contributed by atoms with E-state index in [0.717, 1.165) is 36.0 Å². The zero-order chi connectivity index (χ0) is 11.6. The number of nitrogens with zero attached hydrogens (tertiary/aromatic N) is 1. The van der Waals surface area contributed by atoms with E-state index in [1.807, 2.05) is 18.2 Å². The molecular weight excluding hydrogens is 323 g/mol. The van der Waals surface area contributed by atoms with E-state index in [1.54, 1.807) is 0 Å². The Labute approximate surface area is 121 Å². The zero-order valence-electron chi connectivity index (χ0n) is 9.17. The number of nitrogens with one attached hydrogen (secondary N) is 1. The zero-order valence-corrected chi connectivity index (χ0v) is 12.3. The molecule has 1 aromatic carbocycles. The first-order valence-electron chi connectivity index (χ1n) is 5.25. The minimum atomic E-state index is -0.414. The lowest BCUT2D eigenvalue weighted by molar-refractivity contribution is 0.382. The van der Waals surface area contributed by atoms with E-state index >= 15 is 0 Å². The maximum Gasteiger partial charge on any atom is 0.0860 e. The first-order chi connectivity index (χ1) is 7.68. The quantitative estimate of drug-likeness (QED) is 0.850. The molecule has 1 heterocycles. The van der Waals surface area contributed by atoms with Crippen molar-refractivity contribution in [2.45, 2.75) is 18.3 Å². The second-order valence-corrected chi connectivity index (χ2v) is 5.39. The highest BCUT2D eigenvalue weighted by atomic mass is 79.9. The van der Waals surface area contributed by atoms with E-state index in [0.29, 0.717) is 5.02 Å². The largest absolute Gasteiger partial charge is 0.317 e. The van der Waals surface area contributed by atoms with Crippen molar-refractivity contribution in [2.24, 2.45) is 0 Å². The van der Waals surface area contributed by atoms with Crippen molar-refractivity contribution in [2.75, 3.05) is 13.1 Å². The Hall–Kier alpha value is -0.270. The van der Waals surface area contributed by atoms with Crippen LogP contribution in [0.15, 0.2) is 22.7 Å². The molecule has 0 radical (unpaired) electrons. The van der Waals surface area contributed by atoms with Crippen molar-refractivity contribution in [1.82, 2.24) is 5.32 Å². The average molecular weight is 336 g/mol. The normalized spacial score (nSPS) is 17.9. The van der Waals surface area contributed by atoms with Gasteiger partial charge in [-0.15, -0.1) is 12.4 Å². The average Bonchev–Trinajstić information content (AvgIpc) is 2.30. The van der Waals surface area contributed by atoms with Gasteiger partial charge in [0.25, 0.3) is 0 Å². The van der Waals surface area contributed by atoms with E-state index in [2.05, 4.69) is 27.3 Å². The van der Waals surface area contributed by atoms with Crippen molar-refractivity contribution in [1.29, 1.82) is 5.26 Å². The van der Waals surface area contributed by atoms with Crippen molar-refractivity contribution in [3.8, 4) is 6.07 Å². The summed E-state index contributed by atoms with van der Waals surface area (Å²) in [5, 5.41) is 13.4. The van der Waals surface area contributed by atoms with Gasteiger partial charge >= 0.3 is 0 Å². The summed E-state index contributed by atoms with van der Waals surface area (Å²) in [5.41, 5.74) is 0.546. The fourth-order valence-corrected chi connectivity index (χ4v) is 3.03. The Bertz CT molecular complexity index is 437. The van der Waals surface area contributed by atoms with Crippen molar-refractivity contribution in [3.05, 3.63) is 33.3 Å². The monoisotopic (exact) mass is 334 g/mol. The summed E-state index contributed by atoms with van der Waals surface area (Å²) in [6.45, 7) is 1.75. The molecule has 2 rings (SSSR count). The first kappa shape index (κ1) is 14.8. The van der Waals surface area contributed by atoms with Crippen LogP contribution in [0.2, 0.25) is 5.02 Å². The summed E-state index contributed by atoms with van der Waals surface area (Å²) in [6.07, 6.45) is 1.65. The molecule has 1 aliphatic rings. The van der Waals surface area contributed by atoms with E-state index in [9.17, 15) is 5.26 Å². The van der Waals surface area contributed by atoms with Crippen LogP contribution >= 0.6 is 39.9 Å². The maximum absolute atomic E-state index is 9.44.